The number of nitrogens with zero attached hydrogens (tertiary/aromatic N) is 5. The first kappa shape index (κ1) is 16.4. The zero-order valence-corrected chi connectivity index (χ0v) is 14.0. The molecule has 1 fully saturated rings. The van der Waals surface area contributed by atoms with Crippen LogP contribution in [0.5, 0.6) is 0 Å². The molecule has 2 heterocycles. The van der Waals surface area contributed by atoms with Crippen molar-refractivity contribution in [3.05, 3.63) is 48.5 Å². The predicted molar refractivity (Wildman–Crippen MR) is 91.4 cm³/mol. The maximum absolute atomic E-state index is 12.6. The van der Waals surface area contributed by atoms with Gasteiger partial charge in [-0.25, -0.2) is 9.78 Å². The second kappa shape index (κ2) is 7.92. The first-order valence-electron chi connectivity index (χ1n) is 8.34. The Labute approximate surface area is 142 Å². The van der Waals surface area contributed by atoms with Gasteiger partial charge >= 0.3 is 6.03 Å². The summed E-state index contributed by atoms with van der Waals surface area (Å²) in [6.45, 7) is 3.88. The summed E-state index contributed by atoms with van der Waals surface area (Å²) < 4.78 is 1.77. The minimum Gasteiger partial charge on any atom is -0.338 e. The molecule has 1 aromatic carbocycles. The Morgan fingerprint density at radius 3 is 2.88 bits per heavy atom. The molecule has 0 bridgehead atoms. The van der Waals surface area contributed by atoms with Crippen LogP contribution in [0.2, 0.25) is 0 Å². The molecular formula is C17H24N6O. The maximum atomic E-state index is 12.6. The quantitative estimate of drug-likeness (QED) is 0.842. The summed E-state index contributed by atoms with van der Waals surface area (Å²) in [5.74, 6) is 0. The number of aryl methyl sites for hydroxylation is 1. The number of urea groups is 1. The Morgan fingerprint density at radius 2 is 2.12 bits per heavy atom. The molecule has 128 valence electrons. The molecule has 1 aliphatic rings. The minimum absolute atomic E-state index is 0.00976. The van der Waals surface area contributed by atoms with Crippen LogP contribution >= 0.6 is 0 Å². The highest BCUT2D eigenvalue weighted by Gasteiger charge is 2.29. The van der Waals surface area contributed by atoms with E-state index in [9.17, 15) is 4.79 Å². The number of hydrogen-bond acceptors (Lipinski definition) is 4. The molecule has 2 amide bonds. The van der Waals surface area contributed by atoms with Gasteiger partial charge in [0.15, 0.2) is 0 Å². The molecule has 1 atom stereocenters. The third-order valence-corrected chi connectivity index (χ3v) is 4.34. The van der Waals surface area contributed by atoms with Gasteiger partial charge in [-0.15, -0.1) is 0 Å². The standard InChI is InChI=1S/C17H24N6O/c1-21-10-11-23(16(12-21)15-6-3-2-4-7-15)17(24)19-8-5-9-22-14-18-13-20-22/h2-4,6-7,13-14,16H,5,8-12H2,1H3,(H,19,24). The Bertz CT molecular complexity index is 630. The molecule has 1 N–H and O–H groups in total. The second-order valence-electron chi connectivity index (χ2n) is 6.13. The van der Waals surface area contributed by atoms with Crippen LogP contribution in [0.25, 0.3) is 0 Å². The van der Waals surface area contributed by atoms with Gasteiger partial charge in [-0.3, -0.25) is 4.68 Å². The van der Waals surface area contributed by atoms with Crippen molar-refractivity contribution in [1.29, 1.82) is 0 Å². The van der Waals surface area contributed by atoms with E-state index in [1.165, 1.54) is 11.9 Å². The summed E-state index contributed by atoms with van der Waals surface area (Å²) >= 11 is 0. The lowest BCUT2D eigenvalue weighted by molar-refractivity contribution is 0.109. The fourth-order valence-corrected chi connectivity index (χ4v) is 3.01. The molecule has 3 rings (SSSR count). The average Bonchev–Trinajstić information content (AvgIpc) is 3.12. The number of hydrogen-bond donors (Lipinski definition) is 1. The van der Waals surface area contributed by atoms with Crippen molar-refractivity contribution in [3.8, 4) is 0 Å². The molecular weight excluding hydrogens is 304 g/mol. The van der Waals surface area contributed by atoms with Crippen LogP contribution in [0.4, 0.5) is 4.79 Å². The van der Waals surface area contributed by atoms with Gasteiger partial charge < -0.3 is 15.1 Å². The van der Waals surface area contributed by atoms with Crippen LogP contribution in [0.3, 0.4) is 0 Å². The van der Waals surface area contributed by atoms with Gasteiger partial charge in [0.1, 0.15) is 12.7 Å². The van der Waals surface area contributed by atoms with E-state index in [2.05, 4.69) is 39.5 Å². The number of carbonyl (C=O) groups excluding carboxylic acids is 1. The predicted octanol–water partition coefficient (Wildman–Crippen LogP) is 1.37. The molecule has 1 aliphatic heterocycles. The highest BCUT2D eigenvalue weighted by molar-refractivity contribution is 5.75. The molecule has 1 saturated heterocycles. The molecule has 1 aromatic heterocycles. The number of carbonyl (C=O) groups is 1. The van der Waals surface area contributed by atoms with Crippen molar-refractivity contribution in [2.24, 2.45) is 0 Å². The maximum Gasteiger partial charge on any atom is 0.318 e. The average molecular weight is 328 g/mol. The number of aromatic nitrogens is 3. The van der Waals surface area contributed by atoms with Gasteiger partial charge in [0.2, 0.25) is 0 Å². The van der Waals surface area contributed by atoms with Gasteiger partial charge in [0.05, 0.1) is 6.04 Å². The zero-order valence-electron chi connectivity index (χ0n) is 14.0. The first-order valence-corrected chi connectivity index (χ1v) is 8.34. The van der Waals surface area contributed by atoms with E-state index in [0.717, 1.165) is 32.6 Å². The third kappa shape index (κ3) is 4.11. The molecule has 0 aliphatic carbocycles. The van der Waals surface area contributed by atoms with Gasteiger partial charge in [0.25, 0.3) is 0 Å². The van der Waals surface area contributed by atoms with E-state index in [4.69, 9.17) is 0 Å². The smallest absolute Gasteiger partial charge is 0.318 e. The normalized spacial score (nSPS) is 18.5. The summed E-state index contributed by atoms with van der Waals surface area (Å²) in [5, 5.41) is 7.10. The lowest BCUT2D eigenvalue weighted by Gasteiger charge is -2.40. The van der Waals surface area contributed by atoms with Crippen molar-refractivity contribution in [1.82, 2.24) is 29.9 Å². The summed E-state index contributed by atoms with van der Waals surface area (Å²) in [6, 6.07) is 10.3. The van der Waals surface area contributed by atoms with E-state index >= 15 is 0 Å². The summed E-state index contributed by atoms with van der Waals surface area (Å²) in [4.78, 5) is 20.7. The minimum atomic E-state index is 0.00976. The number of amides is 2. The lowest BCUT2D eigenvalue weighted by Crippen LogP contribution is -2.52. The van der Waals surface area contributed by atoms with Crippen LogP contribution in [-0.4, -0.2) is 63.8 Å². The van der Waals surface area contributed by atoms with Gasteiger partial charge in [-0.2, -0.15) is 5.10 Å². The Hall–Kier alpha value is -2.41. The Balaban J connectivity index is 1.55. The molecule has 0 spiro atoms. The zero-order chi connectivity index (χ0) is 16.8. The summed E-state index contributed by atoms with van der Waals surface area (Å²) in [7, 11) is 2.10. The monoisotopic (exact) mass is 328 g/mol. The second-order valence-corrected chi connectivity index (χ2v) is 6.13. The fourth-order valence-electron chi connectivity index (χ4n) is 3.01. The SMILES string of the molecule is CN1CCN(C(=O)NCCCn2cncn2)C(c2ccccc2)C1. The number of likely N-dealkylation sites (N-methyl/N-ethyl adjacent to an activating group) is 1. The van der Waals surface area contributed by atoms with E-state index in [1.54, 1.807) is 11.0 Å². The molecule has 1 unspecified atom stereocenters. The first-order chi connectivity index (χ1) is 11.7. The van der Waals surface area contributed by atoms with Crippen LogP contribution in [0.1, 0.15) is 18.0 Å². The topological polar surface area (TPSA) is 66.3 Å². The lowest BCUT2D eigenvalue weighted by atomic mass is 10.0. The molecule has 0 radical (unpaired) electrons. The summed E-state index contributed by atoms with van der Waals surface area (Å²) in [6.07, 6.45) is 4.04. The van der Waals surface area contributed by atoms with Crippen LogP contribution in [-0.2, 0) is 6.54 Å². The molecule has 7 nitrogen and oxygen atoms in total. The largest absolute Gasteiger partial charge is 0.338 e. The van der Waals surface area contributed by atoms with Crippen LogP contribution in [0, 0.1) is 0 Å². The summed E-state index contributed by atoms with van der Waals surface area (Å²) in [5.41, 5.74) is 1.18. The molecule has 24 heavy (non-hydrogen) atoms. The van der Waals surface area contributed by atoms with E-state index in [-0.39, 0.29) is 12.1 Å². The van der Waals surface area contributed by atoms with E-state index in [1.807, 2.05) is 23.1 Å². The van der Waals surface area contributed by atoms with Crippen molar-refractivity contribution in [2.75, 3.05) is 33.2 Å². The van der Waals surface area contributed by atoms with Gasteiger partial charge in [-0.1, -0.05) is 30.3 Å². The van der Waals surface area contributed by atoms with Crippen molar-refractivity contribution >= 4 is 6.03 Å². The Kier molecular flexibility index (Phi) is 5.43. The van der Waals surface area contributed by atoms with E-state index in [0.29, 0.717) is 6.54 Å². The van der Waals surface area contributed by atoms with Crippen molar-refractivity contribution in [3.63, 3.8) is 0 Å². The Morgan fingerprint density at radius 1 is 1.29 bits per heavy atom. The molecule has 2 aromatic rings. The number of nitrogens with one attached hydrogen (secondary N) is 1. The fraction of sp³-hybridized carbons (Fsp3) is 0.471. The van der Waals surface area contributed by atoms with Crippen LogP contribution in [0.15, 0.2) is 43.0 Å². The highest BCUT2D eigenvalue weighted by atomic mass is 16.2. The van der Waals surface area contributed by atoms with Gasteiger partial charge in [-0.05, 0) is 19.0 Å². The van der Waals surface area contributed by atoms with Gasteiger partial charge in [0, 0.05) is 32.7 Å². The number of rotatable bonds is 5. The molecule has 0 saturated carbocycles. The number of benzene rings is 1. The van der Waals surface area contributed by atoms with Crippen LogP contribution < -0.4 is 5.32 Å². The van der Waals surface area contributed by atoms with Crippen molar-refractivity contribution in [2.45, 2.75) is 19.0 Å². The third-order valence-electron chi connectivity index (χ3n) is 4.34. The number of piperazine rings is 1. The highest BCUT2D eigenvalue weighted by Crippen LogP contribution is 2.24. The van der Waals surface area contributed by atoms with Crippen molar-refractivity contribution < 1.29 is 4.79 Å². The molecule has 7 heteroatoms. The van der Waals surface area contributed by atoms with E-state index < -0.39 is 0 Å².